The predicted octanol–water partition coefficient (Wildman–Crippen LogP) is 4.22. The molecule has 0 aliphatic carbocycles. The molecule has 0 N–H and O–H groups in total. The van der Waals surface area contributed by atoms with Crippen molar-refractivity contribution in [2.24, 2.45) is 0 Å². The molecule has 0 saturated carbocycles. The van der Waals surface area contributed by atoms with Crippen LogP contribution in [0.3, 0.4) is 0 Å². The summed E-state index contributed by atoms with van der Waals surface area (Å²) in [6, 6.07) is 1.69. The highest BCUT2D eigenvalue weighted by Crippen LogP contribution is 2.23. The Balaban J connectivity index is 1.99. The maximum Gasteiger partial charge on any atom is 0.00703 e. The molecule has 1 fully saturated rings. The molecular formula is C14H29N. The lowest BCUT2D eigenvalue weighted by Gasteiger charge is -2.25. The quantitative estimate of drug-likeness (QED) is 0.570. The smallest absolute Gasteiger partial charge is 0.00703 e. The van der Waals surface area contributed by atoms with E-state index >= 15 is 0 Å². The van der Waals surface area contributed by atoms with E-state index in [0.717, 1.165) is 12.1 Å². The van der Waals surface area contributed by atoms with E-state index in [-0.39, 0.29) is 0 Å². The molecular weight excluding hydrogens is 182 g/mol. The normalized spacial score (nSPS) is 27.4. The fraction of sp³-hybridized carbons (Fsp3) is 1.00. The van der Waals surface area contributed by atoms with Gasteiger partial charge in [0.1, 0.15) is 0 Å². The third-order valence-corrected chi connectivity index (χ3v) is 3.90. The van der Waals surface area contributed by atoms with Gasteiger partial charge < -0.3 is 0 Å². The third-order valence-electron chi connectivity index (χ3n) is 3.90. The predicted molar refractivity (Wildman–Crippen MR) is 68.2 cm³/mol. The molecule has 0 amide bonds. The lowest BCUT2D eigenvalue weighted by molar-refractivity contribution is 0.209. The second-order valence-corrected chi connectivity index (χ2v) is 5.28. The molecule has 0 bridgehead atoms. The zero-order valence-corrected chi connectivity index (χ0v) is 11.0. The highest BCUT2D eigenvalue weighted by molar-refractivity contribution is 4.81. The molecule has 2 atom stereocenters. The van der Waals surface area contributed by atoms with Crippen molar-refractivity contribution in [3.05, 3.63) is 0 Å². The molecule has 0 aromatic rings. The van der Waals surface area contributed by atoms with Gasteiger partial charge in [0.2, 0.25) is 0 Å². The first-order valence-corrected chi connectivity index (χ1v) is 7.01. The summed E-state index contributed by atoms with van der Waals surface area (Å²) in [6.45, 7) is 8.41. The molecule has 1 aliphatic rings. The van der Waals surface area contributed by atoms with E-state index in [1.165, 1.54) is 57.9 Å². The van der Waals surface area contributed by atoms with Gasteiger partial charge in [-0.05, 0) is 39.7 Å². The maximum atomic E-state index is 2.71. The van der Waals surface area contributed by atoms with Crippen LogP contribution >= 0.6 is 0 Å². The summed E-state index contributed by atoms with van der Waals surface area (Å²) in [7, 11) is 0. The molecule has 0 aromatic carbocycles. The van der Waals surface area contributed by atoms with Crippen LogP contribution in [-0.2, 0) is 0 Å². The Labute approximate surface area is 96.2 Å². The van der Waals surface area contributed by atoms with E-state index in [0.29, 0.717) is 0 Å². The van der Waals surface area contributed by atoms with Gasteiger partial charge in [-0.1, -0.05) is 39.0 Å². The lowest BCUT2D eigenvalue weighted by atomic mass is 10.1. The van der Waals surface area contributed by atoms with Gasteiger partial charge in [0.25, 0.3) is 0 Å². The van der Waals surface area contributed by atoms with Gasteiger partial charge in [-0.15, -0.1) is 0 Å². The number of likely N-dealkylation sites (tertiary alicyclic amines) is 1. The Morgan fingerprint density at radius 1 is 0.867 bits per heavy atom. The monoisotopic (exact) mass is 211 g/mol. The zero-order chi connectivity index (χ0) is 11.1. The summed E-state index contributed by atoms with van der Waals surface area (Å²) < 4.78 is 0. The first kappa shape index (κ1) is 13.0. The number of unbranched alkanes of at least 4 members (excludes halogenated alkanes) is 5. The van der Waals surface area contributed by atoms with Crippen LogP contribution in [0.4, 0.5) is 0 Å². The van der Waals surface area contributed by atoms with Crippen molar-refractivity contribution in [3.8, 4) is 0 Å². The van der Waals surface area contributed by atoms with Crippen molar-refractivity contribution in [3.63, 3.8) is 0 Å². The summed E-state index contributed by atoms with van der Waals surface area (Å²) in [5, 5.41) is 0. The van der Waals surface area contributed by atoms with Gasteiger partial charge in [-0.3, -0.25) is 4.90 Å². The molecule has 1 rings (SSSR count). The summed E-state index contributed by atoms with van der Waals surface area (Å²) in [5.41, 5.74) is 0. The summed E-state index contributed by atoms with van der Waals surface area (Å²) in [5.74, 6) is 0. The van der Waals surface area contributed by atoms with E-state index in [2.05, 4.69) is 25.7 Å². The number of hydrogen-bond donors (Lipinski definition) is 0. The van der Waals surface area contributed by atoms with Crippen LogP contribution in [0.15, 0.2) is 0 Å². The molecule has 0 spiro atoms. The molecule has 1 aliphatic heterocycles. The molecule has 0 aromatic heterocycles. The van der Waals surface area contributed by atoms with Crippen molar-refractivity contribution in [1.82, 2.24) is 4.90 Å². The topological polar surface area (TPSA) is 3.24 Å². The van der Waals surface area contributed by atoms with Crippen molar-refractivity contribution in [2.45, 2.75) is 84.2 Å². The van der Waals surface area contributed by atoms with Crippen LogP contribution in [0.25, 0.3) is 0 Å². The van der Waals surface area contributed by atoms with Gasteiger partial charge in [0.05, 0.1) is 0 Å². The van der Waals surface area contributed by atoms with Crippen molar-refractivity contribution < 1.29 is 0 Å². The SMILES string of the molecule is CCCCCCCCN1C(C)CCC1C. The van der Waals surface area contributed by atoms with Gasteiger partial charge in [0, 0.05) is 12.1 Å². The van der Waals surface area contributed by atoms with E-state index in [4.69, 9.17) is 0 Å². The molecule has 1 heterocycles. The molecule has 15 heavy (non-hydrogen) atoms. The first-order chi connectivity index (χ1) is 7.25. The van der Waals surface area contributed by atoms with E-state index < -0.39 is 0 Å². The minimum absolute atomic E-state index is 0.843. The second-order valence-electron chi connectivity index (χ2n) is 5.28. The van der Waals surface area contributed by atoms with Crippen LogP contribution in [0.5, 0.6) is 0 Å². The standard InChI is InChI=1S/C14H29N/c1-4-5-6-7-8-9-12-15-13(2)10-11-14(15)3/h13-14H,4-12H2,1-3H3. The van der Waals surface area contributed by atoms with Crippen LogP contribution in [0.2, 0.25) is 0 Å². The van der Waals surface area contributed by atoms with Crippen molar-refractivity contribution >= 4 is 0 Å². The van der Waals surface area contributed by atoms with E-state index in [1.54, 1.807) is 0 Å². The van der Waals surface area contributed by atoms with Gasteiger partial charge in [-0.25, -0.2) is 0 Å². The molecule has 0 radical (unpaired) electrons. The number of hydrogen-bond acceptors (Lipinski definition) is 1. The molecule has 90 valence electrons. The third kappa shape index (κ3) is 4.55. The van der Waals surface area contributed by atoms with Crippen molar-refractivity contribution in [1.29, 1.82) is 0 Å². The average Bonchev–Trinajstić information content (AvgIpc) is 2.54. The van der Waals surface area contributed by atoms with Crippen molar-refractivity contribution in [2.75, 3.05) is 6.54 Å². The van der Waals surface area contributed by atoms with E-state index in [9.17, 15) is 0 Å². The lowest BCUT2D eigenvalue weighted by Crippen LogP contribution is -2.33. The summed E-state index contributed by atoms with van der Waals surface area (Å²) in [6.07, 6.45) is 11.4. The van der Waals surface area contributed by atoms with Crippen LogP contribution in [0.1, 0.15) is 72.1 Å². The minimum atomic E-state index is 0.843. The number of rotatable bonds is 7. The Hall–Kier alpha value is -0.0400. The summed E-state index contributed by atoms with van der Waals surface area (Å²) >= 11 is 0. The first-order valence-electron chi connectivity index (χ1n) is 7.01. The van der Waals surface area contributed by atoms with E-state index in [1.807, 2.05) is 0 Å². The Morgan fingerprint density at radius 2 is 1.40 bits per heavy atom. The fourth-order valence-electron chi connectivity index (χ4n) is 2.76. The van der Waals surface area contributed by atoms with Gasteiger partial charge >= 0.3 is 0 Å². The maximum absolute atomic E-state index is 2.71. The molecule has 1 heteroatoms. The van der Waals surface area contributed by atoms with Crippen LogP contribution in [0, 0.1) is 0 Å². The zero-order valence-electron chi connectivity index (χ0n) is 11.0. The summed E-state index contributed by atoms with van der Waals surface area (Å²) in [4.78, 5) is 2.71. The van der Waals surface area contributed by atoms with Crippen LogP contribution in [-0.4, -0.2) is 23.5 Å². The minimum Gasteiger partial charge on any atom is -0.298 e. The fourth-order valence-corrected chi connectivity index (χ4v) is 2.76. The average molecular weight is 211 g/mol. The van der Waals surface area contributed by atoms with Gasteiger partial charge in [0.15, 0.2) is 0 Å². The molecule has 2 unspecified atom stereocenters. The molecule has 1 saturated heterocycles. The Kier molecular flexibility index (Phi) is 6.31. The second kappa shape index (κ2) is 7.27. The molecule has 1 nitrogen and oxygen atoms in total. The van der Waals surface area contributed by atoms with Gasteiger partial charge in [-0.2, -0.15) is 0 Å². The Morgan fingerprint density at radius 3 is 2.00 bits per heavy atom. The Bertz CT molecular complexity index is 145. The highest BCUT2D eigenvalue weighted by atomic mass is 15.2. The number of nitrogens with zero attached hydrogens (tertiary/aromatic N) is 1. The van der Waals surface area contributed by atoms with Crippen LogP contribution < -0.4 is 0 Å². The highest BCUT2D eigenvalue weighted by Gasteiger charge is 2.25. The largest absolute Gasteiger partial charge is 0.298 e.